The lowest BCUT2D eigenvalue weighted by molar-refractivity contribution is 0.0463. The summed E-state index contributed by atoms with van der Waals surface area (Å²) in [4.78, 5) is 12.2. The first-order chi connectivity index (χ1) is 12.1. The van der Waals surface area contributed by atoms with E-state index in [1.807, 2.05) is 0 Å². The molecule has 3 rings (SSSR count). The molecule has 1 heterocycles. The molecule has 25 heavy (non-hydrogen) atoms. The molecule has 128 valence electrons. The maximum atomic E-state index is 13.7. The maximum absolute atomic E-state index is 13.7. The van der Waals surface area contributed by atoms with Gasteiger partial charge in [-0.15, -0.1) is 0 Å². The van der Waals surface area contributed by atoms with E-state index in [4.69, 9.17) is 14.0 Å². The Bertz CT molecular complexity index is 910. The number of ether oxygens (including phenoxy) is 2. The number of rotatable bonds is 5. The van der Waals surface area contributed by atoms with Gasteiger partial charge in [0.2, 0.25) is 0 Å². The van der Waals surface area contributed by atoms with Gasteiger partial charge in [-0.1, -0.05) is 17.3 Å². The molecule has 0 atom stereocenters. The van der Waals surface area contributed by atoms with Crippen LogP contribution in [0.15, 0.2) is 57.5 Å². The topological polar surface area (TPSA) is 61.6 Å². The molecule has 0 N–H and O–H groups in total. The van der Waals surface area contributed by atoms with Gasteiger partial charge in [-0.3, -0.25) is 0 Å². The van der Waals surface area contributed by atoms with Crippen molar-refractivity contribution in [1.82, 2.24) is 5.16 Å². The number of benzene rings is 2. The van der Waals surface area contributed by atoms with E-state index in [0.29, 0.717) is 27.0 Å². The summed E-state index contributed by atoms with van der Waals surface area (Å²) in [5.41, 5.74) is 1.01. The minimum Gasteiger partial charge on any atom is -0.497 e. The second-order valence-corrected chi connectivity index (χ2v) is 5.94. The largest absolute Gasteiger partial charge is 0.497 e. The predicted octanol–water partition coefficient (Wildman–Crippen LogP) is 4.61. The zero-order valence-corrected chi connectivity index (χ0v) is 14.7. The number of hydrogen-bond donors (Lipinski definition) is 0. The highest BCUT2D eigenvalue weighted by Crippen LogP contribution is 2.25. The highest BCUT2D eigenvalue weighted by atomic mass is 79.9. The monoisotopic (exact) mass is 405 g/mol. The number of halogens is 2. The number of methoxy groups -OCH3 is 1. The third-order valence-electron chi connectivity index (χ3n) is 3.44. The summed E-state index contributed by atoms with van der Waals surface area (Å²) >= 11 is 3.30. The number of carbonyl (C=O) groups excluding carboxylic acids is 1. The fourth-order valence-corrected chi connectivity index (χ4v) is 2.58. The van der Waals surface area contributed by atoms with Crippen molar-refractivity contribution < 1.29 is 23.2 Å². The fraction of sp³-hybridized carbons (Fsp3) is 0.111. The van der Waals surface area contributed by atoms with E-state index < -0.39 is 11.8 Å². The molecule has 0 aliphatic carbocycles. The van der Waals surface area contributed by atoms with Crippen LogP contribution >= 0.6 is 15.9 Å². The third-order valence-corrected chi connectivity index (χ3v) is 4.13. The Labute approximate surface area is 151 Å². The Morgan fingerprint density at radius 1 is 1.24 bits per heavy atom. The van der Waals surface area contributed by atoms with Gasteiger partial charge in [0.25, 0.3) is 0 Å². The molecule has 0 fully saturated rings. The van der Waals surface area contributed by atoms with Crippen LogP contribution in [0.1, 0.15) is 16.1 Å². The van der Waals surface area contributed by atoms with Crippen molar-refractivity contribution in [2.45, 2.75) is 6.61 Å². The van der Waals surface area contributed by atoms with E-state index in [-0.39, 0.29) is 12.4 Å². The molecule has 0 saturated heterocycles. The fourth-order valence-electron chi connectivity index (χ4n) is 2.17. The van der Waals surface area contributed by atoms with Crippen LogP contribution in [-0.4, -0.2) is 18.2 Å². The van der Waals surface area contributed by atoms with Gasteiger partial charge in [0, 0.05) is 10.5 Å². The van der Waals surface area contributed by atoms with Crippen LogP contribution in [0.3, 0.4) is 0 Å². The number of hydrogen-bond acceptors (Lipinski definition) is 5. The second-order valence-electron chi connectivity index (χ2n) is 5.08. The second kappa shape index (κ2) is 7.48. The summed E-state index contributed by atoms with van der Waals surface area (Å²) in [6.07, 6.45) is 0. The molecule has 2 aromatic carbocycles. The van der Waals surface area contributed by atoms with Crippen molar-refractivity contribution in [2.75, 3.05) is 7.11 Å². The first kappa shape index (κ1) is 17.2. The standard InChI is InChI=1S/C18H13BrFNO4/c1-23-12-6-7-15(19)14(9-12)18(22)24-10-11-8-17(25-21-11)13-4-2-3-5-16(13)20/h2-9H,10H2,1H3. The van der Waals surface area contributed by atoms with E-state index in [1.54, 1.807) is 36.4 Å². The zero-order chi connectivity index (χ0) is 17.8. The van der Waals surface area contributed by atoms with Crippen molar-refractivity contribution >= 4 is 21.9 Å². The number of carbonyl (C=O) groups is 1. The van der Waals surface area contributed by atoms with Gasteiger partial charge in [-0.05, 0) is 46.3 Å². The van der Waals surface area contributed by atoms with E-state index in [2.05, 4.69) is 21.1 Å². The minimum atomic E-state index is -0.541. The Kier molecular flexibility index (Phi) is 5.14. The Hall–Kier alpha value is -2.67. The van der Waals surface area contributed by atoms with Gasteiger partial charge in [0.1, 0.15) is 23.9 Å². The molecule has 1 aromatic heterocycles. The van der Waals surface area contributed by atoms with Crippen molar-refractivity contribution in [3.05, 3.63) is 70.1 Å². The highest BCUT2D eigenvalue weighted by Gasteiger charge is 2.15. The van der Waals surface area contributed by atoms with Gasteiger partial charge in [-0.2, -0.15) is 0 Å². The van der Waals surface area contributed by atoms with Crippen LogP contribution in [0.5, 0.6) is 5.75 Å². The normalized spacial score (nSPS) is 10.5. The van der Waals surface area contributed by atoms with Gasteiger partial charge in [0.15, 0.2) is 5.76 Å². The molecule has 0 spiro atoms. The van der Waals surface area contributed by atoms with Gasteiger partial charge >= 0.3 is 5.97 Å². The van der Waals surface area contributed by atoms with Crippen LogP contribution < -0.4 is 4.74 Å². The minimum absolute atomic E-state index is 0.0968. The van der Waals surface area contributed by atoms with Gasteiger partial charge in [0.05, 0.1) is 18.2 Å². The molecule has 0 aliphatic heterocycles. The summed E-state index contributed by atoms with van der Waals surface area (Å²) in [6.45, 7) is -0.0968. The average Bonchev–Trinajstić information content (AvgIpc) is 3.09. The summed E-state index contributed by atoms with van der Waals surface area (Å²) in [6, 6.07) is 12.7. The summed E-state index contributed by atoms with van der Waals surface area (Å²) in [7, 11) is 1.51. The molecule has 0 saturated carbocycles. The van der Waals surface area contributed by atoms with Crippen molar-refractivity contribution in [2.24, 2.45) is 0 Å². The van der Waals surface area contributed by atoms with Crippen molar-refractivity contribution in [1.29, 1.82) is 0 Å². The quantitative estimate of drug-likeness (QED) is 0.580. The third kappa shape index (κ3) is 3.88. The van der Waals surface area contributed by atoms with Crippen LogP contribution in [-0.2, 0) is 11.3 Å². The van der Waals surface area contributed by atoms with Gasteiger partial charge < -0.3 is 14.0 Å². The predicted molar refractivity (Wildman–Crippen MR) is 91.7 cm³/mol. The lowest BCUT2D eigenvalue weighted by atomic mass is 10.1. The molecule has 0 amide bonds. The van der Waals surface area contributed by atoms with Crippen molar-refractivity contribution in [3.63, 3.8) is 0 Å². The van der Waals surface area contributed by atoms with Crippen molar-refractivity contribution in [3.8, 4) is 17.1 Å². The average molecular weight is 406 g/mol. The van der Waals surface area contributed by atoms with E-state index >= 15 is 0 Å². The number of nitrogens with zero attached hydrogens (tertiary/aromatic N) is 1. The molecule has 0 unspecified atom stereocenters. The molecule has 3 aromatic rings. The zero-order valence-electron chi connectivity index (χ0n) is 13.2. The lowest BCUT2D eigenvalue weighted by Gasteiger charge is -2.06. The first-order valence-electron chi connectivity index (χ1n) is 7.29. The number of esters is 1. The summed E-state index contributed by atoms with van der Waals surface area (Å²) in [5, 5.41) is 3.80. The maximum Gasteiger partial charge on any atom is 0.339 e. The molecular weight excluding hydrogens is 393 g/mol. The molecule has 0 bridgehead atoms. The summed E-state index contributed by atoms with van der Waals surface area (Å²) in [5.74, 6) is -0.145. The van der Waals surface area contributed by atoms with Crippen LogP contribution in [0, 0.1) is 5.82 Å². The Balaban J connectivity index is 1.70. The van der Waals surface area contributed by atoms with E-state index in [0.717, 1.165) is 0 Å². The molecule has 5 nitrogen and oxygen atoms in total. The van der Waals surface area contributed by atoms with Gasteiger partial charge in [-0.25, -0.2) is 9.18 Å². The SMILES string of the molecule is COc1ccc(Br)c(C(=O)OCc2cc(-c3ccccc3F)on2)c1. The van der Waals surface area contributed by atoms with E-state index in [1.165, 1.54) is 19.2 Å². The molecular formula is C18H13BrFNO4. The molecule has 0 radical (unpaired) electrons. The summed E-state index contributed by atoms with van der Waals surface area (Å²) < 4.78 is 29.8. The van der Waals surface area contributed by atoms with Crippen LogP contribution in [0.2, 0.25) is 0 Å². The first-order valence-corrected chi connectivity index (χ1v) is 8.09. The van der Waals surface area contributed by atoms with Crippen LogP contribution in [0.4, 0.5) is 4.39 Å². The Morgan fingerprint density at radius 3 is 2.80 bits per heavy atom. The van der Waals surface area contributed by atoms with Crippen LogP contribution in [0.25, 0.3) is 11.3 Å². The Morgan fingerprint density at radius 2 is 2.04 bits per heavy atom. The lowest BCUT2D eigenvalue weighted by Crippen LogP contribution is -2.06. The molecule has 7 heteroatoms. The van der Waals surface area contributed by atoms with E-state index in [9.17, 15) is 9.18 Å². The number of aromatic nitrogens is 1. The smallest absolute Gasteiger partial charge is 0.339 e. The molecule has 0 aliphatic rings. The highest BCUT2D eigenvalue weighted by molar-refractivity contribution is 9.10.